The molecule has 0 atom stereocenters. The normalized spacial score (nSPS) is 11.2. The maximum absolute atomic E-state index is 11.9. The van der Waals surface area contributed by atoms with Crippen LogP contribution in [0.25, 0.3) is 54.7 Å². The van der Waals surface area contributed by atoms with Gasteiger partial charge < -0.3 is 0 Å². The van der Waals surface area contributed by atoms with Crippen molar-refractivity contribution in [2.75, 3.05) is 0 Å². The Morgan fingerprint density at radius 1 is 0.522 bits per heavy atom. The topological polar surface area (TPSA) is 147 Å². The van der Waals surface area contributed by atoms with Gasteiger partial charge >= 0.3 is 22.1 Å². The second kappa shape index (κ2) is 12.9. The number of benzene rings is 4. The summed E-state index contributed by atoms with van der Waals surface area (Å²) in [5.74, 6) is -1.78. The number of carbonyl (C=O) groups is 2. The first kappa shape index (κ1) is 30.0. The standard InChI is InChI=1S/C34H28N4O8/c39-31(45-37(41)42)19-9-21-35-27-15-5-1-11-23(27)33(24-12-2-6-16-28(24)35)34-25-13-3-7-17-29(25)36(30-18-8-4-14-26(30)34)22-10-20-32(40)46-38(43)44/h1-8,11-18H,9-10,19-22H2/q+2. The summed E-state index contributed by atoms with van der Waals surface area (Å²) in [5, 5.41) is 23.0. The Hall–Kier alpha value is -6.04. The molecule has 0 N–H and O–H groups in total. The predicted octanol–water partition coefficient (Wildman–Crippen LogP) is 5.57. The summed E-state index contributed by atoms with van der Waals surface area (Å²) >= 11 is 0. The molecule has 0 radical (unpaired) electrons. The Balaban J connectivity index is 1.55. The first-order valence-electron chi connectivity index (χ1n) is 14.7. The smallest absolute Gasteiger partial charge is 0.268 e. The number of hydrogen-bond donors (Lipinski definition) is 0. The third-order valence-electron chi connectivity index (χ3n) is 7.98. The number of pyridine rings is 2. The van der Waals surface area contributed by atoms with Crippen LogP contribution in [0.4, 0.5) is 0 Å². The molecule has 12 heteroatoms. The van der Waals surface area contributed by atoms with E-state index in [2.05, 4.69) is 43.1 Å². The van der Waals surface area contributed by atoms with Crippen LogP contribution in [-0.4, -0.2) is 22.1 Å². The van der Waals surface area contributed by atoms with Gasteiger partial charge in [0.15, 0.2) is 0 Å². The molecule has 6 rings (SSSR count). The molecule has 0 saturated carbocycles. The van der Waals surface area contributed by atoms with Crippen molar-refractivity contribution >= 4 is 55.6 Å². The first-order valence-corrected chi connectivity index (χ1v) is 14.7. The van der Waals surface area contributed by atoms with Crippen molar-refractivity contribution in [2.45, 2.75) is 38.8 Å². The van der Waals surface area contributed by atoms with Crippen LogP contribution in [0.3, 0.4) is 0 Å². The van der Waals surface area contributed by atoms with E-state index >= 15 is 0 Å². The highest BCUT2D eigenvalue weighted by Gasteiger charge is 2.27. The van der Waals surface area contributed by atoms with E-state index in [0.717, 1.165) is 54.7 Å². The highest BCUT2D eigenvalue weighted by molar-refractivity contribution is 6.18. The minimum absolute atomic E-state index is 0.101. The molecular formula is C34H28N4O8+2. The van der Waals surface area contributed by atoms with Crippen molar-refractivity contribution in [1.82, 2.24) is 0 Å². The number of carbonyl (C=O) groups excluding carboxylic acids is 2. The van der Waals surface area contributed by atoms with Gasteiger partial charge in [0.05, 0.1) is 21.5 Å². The summed E-state index contributed by atoms with van der Waals surface area (Å²) < 4.78 is 4.26. The van der Waals surface area contributed by atoms with E-state index in [1.54, 1.807) is 0 Å². The van der Waals surface area contributed by atoms with E-state index in [0.29, 0.717) is 25.9 Å². The monoisotopic (exact) mass is 620 g/mol. The molecule has 12 nitrogen and oxygen atoms in total. The molecule has 2 aromatic heterocycles. The molecule has 0 unspecified atom stereocenters. The van der Waals surface area contributed by atoms with Crippen molar-refractivity contribution in [3.8, 4) is 11.1 Å². The molecule has 0 aliphatic carbocycles. The third-order valence-corrected chi connectivity index (χ3v) is 7.98. The van der Waals surface area contributed by atoms with E-state index in [1.165, 1.54) is 0 Å². The van der Waals surface area contributed by atoms with Crippen molar-refractivity contribution < 1.29 is 38.6 Å². The molecule has 0 fully saturated rings. The van der Waals surface area contributed by atoms with Gasteiger partial charge in [0.25, 0.3) is 0 Å². The van der Waals surface area contributed by atoms with Gasteiger partial charge in [0.2, 0.25) is 22.1 Å². The molecule has 6 aromatic rings. The van der Waals surface area contributed by atoms with Crippen LogP contribution < -0.4 is 9.13 Å². The Kier molecular flexibility index (Phi) is 8.42. The van der Waals surface area contributed by atoms with Crippen LogP contribution in [0.2, 0.25) is 0 Å². The SMILES string of the molecule is O=C(CCC[n+]1c2ccccc2c(-c2c3ccccc3[n+](CCCC(=O)O[N+](=O)[O-])c3ccccc23)c2ccccc21)O[N+](=O)[O-]. The van der Waals surface area contributed by atoms with Crippen LogP contribution in [0, 0.1) is 20.2 Å². The molecule has 0 bridgehead atoms. The Labute approximate surface area is 261 Å². The molecular weight excluding hydrogens is 592 g/mol. The lowest BCUT2D eigenvalue weighted by atomic mass is 9.90. The van der Waals surface area contributed by atoms with Gasteiger partial charge in [-0.05, 0) is 24.3 Å². The van der Waals surface area contributed by atoms with Gasteiger partial charge in [0, 0.05) is 61.1 Å². The largest absolute Gasteiger partial charge is 0.304 e. The Morgan fingerprint density at radius 2 is 0.804 bits per heavy atom. The fraction of sp³-hybridized carbons (Fsp3) is 0.176. The lowest BCUT2D eigenvalue weighted by molar-refractivity contribution is -0.729. The van der Waals surface area contributed by atoms with Gasteiger partial charge in [-0.3, -0.25) is 9.59 Å². The van der Waals surface area contributed by atoms with Gasteiger partial charge in [-0.2, -0.15) is 9.13 Å². The van der Waals surface area contributed by atoms with E-state index in [9.17, 15) is 29.8 Å². The summed E-state index contributed by atoms with van der Waals surface area (Å²) in [5.41, 5.74) is 5.82. The van der Waals surface area contributed by atoms with E-state index in [4.69, 9.17) is 0 Å². The average molecular weight is 621 g/mol. The zero-order valence-electron chi connectivity index (χ0n) is 24.5. The van der Waals surface area contributed by atoms with Gasteiger partial charge in [-0.15, -0.1) is 20.2 Å². The minimum Gasteiger partial charge on any atom is -0.268 e. The zero-order valence-corrected chi connectivity index (χ0v) is 24.5. The highest BCUT2D eigenvalue weighted by Crippen LogP contribution is 2.41. The van der Waals surface area contributed by atoms with E-state index < -0.39 is 22.1 Å². The number of hydrogen-bond acceptors (Lipinski definition) is 8. The van der Waals surface area contributed by atoms with Gasteiger partial charge in [-0.1, -0.05) is 48.5 Å². The lowest BCUT2D eigenvalue weighted by Gasteiger charge is -2.16. The summed E-state index contributed by atoms with van der Waals surface area (Å²) in [4.78, 5) is 53.2. The second-order valence-electron chi connectivity index (χ2n) is 10.7. The summed E-state index contributed by atoms with van der Waals surface area (Å²) in [6.07, 6.45) is 0.486. The van der Waals surface area contributed by atoms with Crippen LogP contribution in [0.1, 0.15) is 25.7 Å². The molecule has 0 aliphatic rings. The van der Waals surface area contributed by atoms with Crippen molar-refractivity contribution in [3.05, 3.63) is 117 Å². The highest BCUT2D eigenvalue weighted by atomic mass is 17.0. The number of para-hydroxylation sites is 4. The molecule has 0 aliphatic heterocycles. The number of aryl methyl sites for hydroxylation is 2. The summed E-state index contributed by atoms with van der Waals surface area (Å²) in [7, 11) is 0. The number of rotatable bonds is 11. The van der Waals surface area contributed by atoms with Crippen LogP contribution in [0.5, 0.6) is 0 Å². The fourth-order valence-electron chi connectivity index (χ4n) is 6.27. The predicted molar refractivity (Wildman–Crippen MR) is 167 cm³/mol. The van der Waals surface area contributed by atoms with Crippen molar-refractivity contribution in [3.63, 3.8) is 0 Å². The Morgan fingerprint density at radius 3 is 1.09 bits per heavy atom. The molecule has 46 heavy (non-hydrogen) atoms. The number of nitrogens with zero attached hydrogens (tertiary/aromatic N) is 4. The average Bonchev–Trinajstić information content (AvgIpc) is 3.04. The molecule has 4 aromatic carbocycles. The Bertz CT molecular complexity index is 1910. The molecule has 0 spiro atoms. The summed E-state index contributed by atoms with van der Waals surface area (Å²) in [6.45, 7) is 0.868. The quantitative estimate of drug-likeness (QED) is 0.0790. The van der Waals surface area contributed by atoms with Crippen LogP contribution >= 0.6 is 0 Å². The first-order chi connectivity index (χ1) is 22.3. The third kappa shape index (κ3) is 5.87. The van der Waals surface area contributed by atoms with Crippen molar-refractivity contribution in [2.24, 2.45) is 0 Å². The molecule has 0 amide bonds. The van der Waals surface area contributed by atoms with Gasteiger partial charge in [0.1, 0.15) is 13.1 Å². The molecule has 0 saturated heterocycles. The second-order valence-corrected chi connectivity index (χ2v) is 10.7. The molecule has 230 valence electrons. The maximum atomic E-state index is 11.9. The van der Waals surface area contributed by atoms with Crippen LogP contribution in [0.15, 0.2) is 97.1 Å². The van der Waals surface area contributed by atoms with E-state index in [-0.39, 0.29) is 12.8 Å². The minimum atomic E-state index is -1.09. The maximum Gasteiger partial charge on any atom is 0.304 e. The van der Waals surface area contributed by atoms with E-state index in [1.807, 2.05) is 72.8 Å². The lowest BCUT2D eigenvalue weighted by Crippen LogP contribution is -2.37. The van der Waals surface area contributed by atoms with Gasteiger partial charge in [-0.25, -0.2) is 9.68 Å². The fourth-order valence-corrected chi connectivity index (χ4v) is 6.27. The number of aromatic nitrogens is 2. The van der Waals surface area contributed by atoms with Crippen molar-refractivity contribution in [1.29, 1.82) is 0 Å². The zero-order chi connectivity index (χ0) is 32.2. The number of fused-ring (bicyclic) bond motifs is 4. The van der Waals surface area contributed by atoms with Crippen LogP contribution in [-0.2, 0) is 32.4 Å². The molecule has 2 heterocycles. The summed E-state index contributed by atoms with van der Waals surface area (Å²) in [6, 6.07) is 32.1.